The molecule has 0 aliphatic heterocycles. The van der Waals surface area contributed by atoms with Gasteiger partial charge in [-0.05, 0) is 49.2 Å². The molecule has 94 valence electrons. The van der Waals surface area contributed by atoms with Crippen LogP contribution in [0.2, 0.25) is 5.02 Å². The van der Waals surface area contributed by atoms with E-state index >= 15 is 0 Å². The Balaban J connectivity index is 2.15. The number of nitrogen functional groups attached to an aromatic ring is 1. The van der Waals surface area contributed by atoms with E-state index in [1.807, 2.05) is 56.3 Å². The molecule has 2 aromatic rings. The number of anilines is 1. The van der Waals surface area contributed by atoms with Crippen LogP contribution in [0.25, 0.3) is 0 Å². The molecule has 0 spiro atoms. The van der Waals surface area contributed by atoms with Crippen LogP contribution in [-0.4, -0.2) is 0 Å². The third kappa shape index (κ3) is 2.96. The molecule has 18 heavy (non-hydrogen) atoms. The molecule has 0 aromatic heterocycles. The van der Waals surface area contributed by atoms with Gasteiger partial charge < -0.3 is 10.5 Å². The summed E-state index contributed by atoms with van der Waals surface area (Å²) in [4.78, 5) is 0. The van der Waals surface area contributed by atoms with Gasteiger partial charge in [-0.2, -0.15) is 0 Å². The summed E-state index contributed by atoms with van der Waals surface area (Å²) in [5.74, 6) is 0.701. The molecule has 2 rings (SSSR count). The molecule has 2 nitrogen and oxygen atoms in total. The molecule has 0 saturated carbocycles. The van der Waals surface area contributed by atoms with Crippen molar-refractivity contribution < 1.29 is 4.74 Å². The van der Waals surface area contributed by atoms with Gasteiger partial charge in [0.25, 0.3) is 0 Å². The number of hydrogen-bond acceptors (Lipinski definition) is 2. The molecule has 0 bridgehead atoms. The maximum atomic E-state index is 6.14. The molecular formula is C15H16ClNO. The molecule has 0 radical (unpaired) electrons. The third-order valence-corrected chi connectivity index (χ3v) is 3.09. The van der Waals surface area contributed by atoms with Gasteiger partial charge in [0.2, 0.25) is 0 Å². The maximum Gasteiger partial charge on any atom is 0.138 e. The first kappa shape index (κ1) is 12.8. The minimum absolute atomic E-state index is 0.0641. The highest BCUT2D eigenvalue weighted by Gasteiger charge is 2.09. The third-order valence-electron chi connectivity index (χ3n) is 2.80. The van der Waals surface area contributed by atoms with Crippen LogP contribution in [0.3, 0.4) is 0 Å². The van der Waals surface area contributed by atoms with Crippen molar-refractivity contribution in [1.82, 2.24) is 0 Å². The highest BCUT2D eigenvalue weighted by molar-refractivity contribution is 6.32. The molecule has 2 aromatic carbocycles. The van der Waals surface area contributed by atoms with Crippen molar-refractivity contribution in [1.29, 1.82) is 0 Å². The first-order valence-electron chi connectivity index (χ1n) is 5.84. The summed E-state index contributed by atoms with van der Waals surface area (Å²) >= 11 is 6.14. The predicted octanol–water partition coefficient (Wildman–Crippen LogP) is 4.37. The zero-order valence-electron chi connectivity index (χ0n) is 10.5. The van der Waals surface area contributed by atoms with E-state index in [4.69, 9.17) is 22.1 Å². The minimum Gasteiger partial charge on any atom is -0.484 e. The van der Waals surface area contributed by atoms with Gasteiger partial charge in [0, 0.05) is 5.69 Å². The molecule has 0 saturated heterocycles. The van der Waals surface area contributed by atoms with Crippen molar-refractivity contribution in [3.63, 3.8) is 0 Å². The zero-order valence-corrected chi connectivity index (χ0v) is 11.2. The van der Waals surface area contributed by atoms with Gasteiger partial charge in [-0.3, -0.25) is 0 Å². The van der Waals surface area contributed by atoms with Crippen molar-refractivity contribution in [2.24, 2.45) is 0 Å². The van der Waals surface area contributed by atoms with Gasteiger partial charge in [0.15, 0.2) is 0 Å². The summed E-state index contributed by atoms with van der Waals surface area (Å²) in [6.07, 6.45) is -0.0641. The number of halogens is 1. The van der Waals surface area contributed by atoms with Crippen LogP contribution in [0.15, 0.2) is 42.5 Å². The van der Waals surface area contributed by atoms with Crippen molar-refractivity contribution in [3.8, 4) is 5.75 Å². The van der Waals surface area contributed by atoms with Crippen LogP contribution in [0, 0.1) is 6.92 Å². The molecule has 1 atom stereocenters. The lowest BCUT2D eigenvalue weighted by molar-refractivity contribution is 0.227. The normalized spacial score (nSPS) is 12.2. The second-order valence-electron chi connectivity index (χ2n) is 4.36. The Labute approximate surface area is 112 Å². The standard InChI is InChI=1S/C15H16ClNO/c1-10-3-8-15(14(16)9-10)18-11(2)12-4-6-13(17)7-5-12/h3-9,11H,17H2,1-2H3. The summed E-state index contributed by atoms with van der Waals surface area (Å²) in [6.45, 7) is 3.99. The lowest BCUT2D eigenvalue weighted by atomic mass is 10.1. The fourth-order valence-corrected chi connectivity index (χ4v) is 2.01. The Bertz CT molecular complexity index is 537. The number of ether oxygens (including phenoxy) is 1. The number of hydrogen-bond donors (Lipinski definition) is 1. The Morgan fingerprint density at radius 1 is 1.11 bits per heavy atom. The van der Waals surface area contributed by atoms with Crippen molar-refractivity contribution in [2.45, 2.75) is 20.0 Å². The number of rotatable bonds is 3. The Morgan fingerprint density at radius 3 is 2.39 bits per heavy atom. The largest absolute Gasteiger partial charge is 0.484 e. The van der Waals surface area contributed by atoms with Crippen LogP contribution >= 0.6 is 11.6 Å². The summed E-state index contributed by atoms with van der Waals surface area (Å²) in [6, 6.07) is 13.4. The predicted molar refractivity (Wildman–Crippen MR) is 76.1 cm³/mol. The molecule has 0 aliphatic rings. The average Bonchev–Trinajstić information content (AvgIpc) is 2.33. The first-order chi connectivity index (χ1) is 8.56. The van der Waals surface area contributed by atoms with Gasteiger partial charge >= 0.3 is 0 Å². The number of aryl methyl sites for hydroxylation is 1. The average molecular weight is 262 g/mol. The van der Waals surface area contributed by atoms with Crippen LogP contribution in [-0.2, 0) is 0 Å². The highest BCUT2D eigenvalue weighted by atomic mass is 35.5. The topological polar surface area (TPSA) is 35.2 Å². The second kappa shape index (κ2) is 5.32. The molecule has 0 fully saturated rings. The van der Waals surface area contributed by atoms with E-state index in [1.165, 1.54) is 0 Å². The Kier molecular flexibility index (Phi) is 3.78. The second-order valence-corrected chi connectivity index (χ2v) is 4.77. The SMILES string of the molecule is Cc1ccc(OC(C)c2ccc(N)cc2)c(Cl)c1. The van der Waals surface area contributed by atoms with Crippen molar-refractivity contribution >= 4 is 17.3 Å². The smallest absolute Gasteiger partial charge is 0.138 e. The number of nitrogens with two attached hydrogens (primary N) is 1. The summed E-state index contributed by atoms with van der Waals surface area (Å²) in [5.41, 5.74) is 8.60. The van der Waals surface area contributed by atoms with Crippen LogP contribution in [0.5, 0.6) is 5.75 Å². The van der Waals surface area contributed by atoms with E-state index in [2.05, 4.69) is 0 Å². The van der Waals surface area contributed by atoms with E-state index in [9.17, 15) is 0 Å². The van der Waals surface area contributed by atoms with E-state index < -0.39 is 0 Å². The Morgan fingerprint density at radius 2 is 1.78 bits per heavy atom. The van der Waals surface area contributed by atoms with Gasteiger partial charge in [-0.1, -0.05) is 29.8 Å². The summed E-state index contributed by atoms with van der Waals surface area (Å²) < 4.78 is 5.85. The van der Waals surface area contributed by atoms with Gasteiger partial charge in [0.05, 0.1) is 5.02 Å². The zero-order chi connectivity index (χ0) is 13.1. The fourth-order valence-electron chi connectivity index (χ4n) is 1.73. The molecule has 0 aliphatic carbocycles. The summed E-state index contributed by atoms with van der Waals surface area (Å²) in [5, 5.41) is 0.636. The van der Waals surface area contributed by atoms with E-state index in [-0.39, 0.29) is 6.10 Å². The first-order valence-corrected chi connectivity index (χ1v) is 6.22. The summed E-state index contributed by atoms with van der Waals surface area (Å²) in [7, 11) is 0. The van der Waals surface area contributed by atoms with E-state index in [0.717, 1.165) is 16.8 Å². The minimum atomic E-state index is -0.0641. The quantitative estimate of drug-likeness (QED) is 0.833. The van der Waals surface area contributed by atoms with Crippen molar-refractivity contribution in [3.05, 3.63) is 58.6 Å². The lowest BCUT2D eigenvalue weighted by Gasteiger charge is -2.16. The van der Waals surface area contributed by atoms with E-state index in [1.54, 1.807) is 0 Å². The van der Waals surface area contributed by atoms with Crippen molar-refractivity contribution in [2.75, 3.05) is 5.73 Å². The monoisotopic (exact) mass is 261 g/mol. The molecule has 3 heteroatoms. The molecule has 1 unspecified atom stereocenters. The van der Waals surface area contributed by atoms with Gasteiger partial charge in [-0.15, -0.1) is 0 Å². The van der Waals surface area contributed by atoms with E-state index in [0.29, 0.717) is 10.8 Å². The lowest BCUT2D eigenvalue weighted by Crippen LogP contribution is -2.03. The molecule has 2 N–H and O–H groups in total. The fraction of sp³-hybridized carbons (Fsp3) is 0.200. The highest BCUT2D eigenvalue weighted by Crippen LogP contribution is 2.29. The van der Waals surface area contributed by atoms with Gasteiger partial charge in [-0.25, -0.2) is 0 Å². The van der Waals surface area contributed by atoms with Crippen LogP contribution in [0.4, 0.5) is 5.69 Å². The van der Waals surface area contributed by atoms with Crippen LogP contribution in [0.1, 0.15) is 24.2 Å². The molecular weight excluding hydrogens is 246 g/mol. The molecule has 0 heterocycles. The maximum absolute atomic E-state index is 6.14. The van der Waals surface area contributed by atoms with Crippen LogP contribution < -0.4 is 10.5 Å². The van der Waals surface area contributed by atoms with Gasteiger partial charge in [0.1, 0.15) is 11.9 Å². The number of benzene rings is 2. The Hall–Kier alpha value is -1.67. The molecule has 0 amide bonds.